The first kappa shape index (κ1) is 16.2. The van der Waals surface area contributed by atoms with Gasteiger partial charge in [-0.2, -0.15) is 0 Å². The highest BCUT2D eigenvalue weighted by Crippen LogP contribution is 2.33. The van der Waals surface area contributed by atoms with Crippen LogP contribution >= 0.6 is 12.6 Å². The topological polar surface area (TPSA) is 43.7 Å². The molecule has 0 radical (unpaired) electrons. The standard InChI is InChI=1S/C19H23NO2S/c1-19(2,8-7-13-3-6-17(21)18(22)9-13)20-11-14-4-5-16(23)10-15(14)12-20/h3-6,9-10,21-23H,7-8,11-12H2,1-2H3. The lowest BCUT2D eigenvalue weighted by Crippen LogP contribution is -2.40. The first-order chi connectivity index (χ1) is 10.8. The Kier molecular flexibility index (Phi) is 4.30. The Labute approximate surface area is 143 Å². The molecule has 4 heteroatoms. The Morgan fingerprint density at radius 3 is 2.48 bits per heavy atom. The van der Waals surface area contributed by atoms with Crippen molar-refractivity contribution in [1.29, 1.82) is 0 Å². The Morgan fingerprint density at radius 2 is 1.74 bits per heavy atom. The minimum atomic E-state index is -0.0643. The number of benzene rings is 2. The van der Waals surface area contributed by atoms with Crippen molar-refractivity contribution in [3.8, 4) is 11.5 Å². The molecule has 3 nitrogen and oxygen atoms in total. The summed E-state index contributed by atoms with van der Waals surface area (Å²) in [4.78, 5) is 3.51. The van der Waals surface area contributed by atoms with Crippen molar-refractivity contribution in [1.82, 2.24) is 4.90 Å². The van der Waals surface area contributed by atoms with E-state index in [0.29, 0.717) is 0 Å². The Morgan fingerprint density at radius 1 is 1.00 bits per heavy atom. The molecule has 0 unspecified atom stereocenters. The molecule has 1 aliphatic rings. The first-order valence-electron chi connectivity index (χ1n) is 7.92. The van der Waals surface area contributed by atoms with Crippen LogP contribution in [0.4, 0.5) is 0 Å². The number of fused-ring (bicyclic) bond motifs is 1. The van der Waals surface area contributed by atoms with Crippen LogP contribution in [0.15, 0.2) is 41.3 Å². The first-order valence-corrected chi connectivity index (χ1v) is 8.36. The summed E-state index contributed by atoms with van der Waals surface area (Å²) in [5.74, 6) is -0.110. The van der Waals surface area contributed by atoms with Gasteiger partial charge >= 0.3 is 0 Å². The molecule has 2 aromatic rings. The highest BCUT2D eigenvalue weighted by atomic mass is 32.1. The van der Waals surface area contributed by atoms with Gasteiger partial charge in [-0.15, -0.1) is 12.6 Å². The lowest BCUT2D eigenvalue weighted by Gasteiger charge is -2.35. The van der Waals surface area contributed by atoms with Crippen LogP contribution in [0.25, 0.3) is 0 Å². The van der Waals surface area contributed by atoms with Gasteiger partial charge in [0.1, 0.15) is 0 Å². The maximum absolute atomic E-state index is 9.62. The van der Waals surface area contributed by atoms with Crippen LogP contribution in [0.5, 0.6) is 11.5 Å². The number of hydrogen-bond acceptors (Lipinski definition) is 4. The summed E-state index contributed by atoms with van der Waals surface area (Å²) in [5, 5.41) is 19.0. The highest BCUT2D eigenvalue weighted by molar-refractivity contribution is 7.80. The third-order valence-corrected chi connectivity index (χ3v) is 5.11. The molecule has 122 valence electrons. The van der Waals surface area contributed by atoms with E-state index in [1.807, 2.05) is 6.07 Å². The van der Waals surface area contributed by atoms with Crippen LogP contribution < -0.4 is 0 Å². The molecular formula is C19H23NO2S. The lowest BCUT2D eigenvalue weighted by atomic mass is 9.93. The second-order valence-corrected chi connectivity index (χ2v) is 7.46. The number of nitrogens with zero attached hydrogens (tertiary/aromatic N) is 1. The van der Waals surface area contributed by atoms with Gasteiger partial charge < -0.3 is 10.2 Å². The fraction of sp³-hybridized carbons (Fsp3) is 0.368. The molecule has 2 aromatic carbocycles. The van der Waals surface area contributed by atoms with Crippen molar-refractivity contribution in [2.45, 2.75) is 50.2 Å². The molecule has 3 rings (SSSR count). The predicted molar refractivity (Wildman–Crippen MR) is 95.1 cm³/mol. The number of rotatable bonds is 4. The summed E-state index contributed by atoms with van der Waals surface area (Å²) >= 11 is 4.43. The normalized spacial score (nSPS) is 14.9. The summed E-state index contributed by atoms with van der Waals surface area (Å²) in [5.41, 5.74) is 3.86. The van der Waals surface area contributed by atoms with Crippen LogP contribution in [-0.4, -0.2) is 20.7 Å². The summed E-state index contributed by atoms with van der Waals surface area (Å²) < 4.78 is 0. The van der Waals surface area contributed by atoms with Crippen LogP contribution in [0.2, 0.25) is 0 Å². The van der Waals surface area contributed by atoms with Gasteiger partial charge in [-0.05, 0) is 67.6 Å². The van der Waals surface area contributed by atoms with E-state index in [-0.39, 0.29) is 17.0 Å². The highest BCUT2D eigenvalue weighted by Gasteiger charge is 2.31. The fourth-order valence-electron chi connectivity index (χ4n) is 3.14. The third kappa shape index (κ3) is 3.48. The van der Waals surface area contributed by atoms with Gasteiger partial charge in [-0.25, -0.2) is 0 Å². The van der Waals surface area contributed by atoms with Gasteiger partial charge in [0.2, 0.25) is 0 Å². The second kappa shape index (κ2) is 6.10. The van der Waals surface area contributed by atoms with Crippen molar-refractivity contribution in [3.05, 3.63) is 53.1 Å². The molecule has 0 aromatic heterocycles. The van der Waals surface area contributed by atoms with Gasteiger partial charge in [-0.1, -0.05) is 12.1 Å². The molecule has 0 atom stereocenters. The van der Waals surface area contributed by atoms with E-state index in [9.17, 15) is 10.2 Å². The van der Waals surface area contributed by atoms with Crippen molar-refractivity contribution in [2.75, 3.05) is 0 Å². The third-order valence-electron chi connectivity index (χ3n) is 4.83. The van der Waals surface area contributed by atoms with Crippen LogP contribution in [0.1, 0.15) is 37.0 Å². The maximum atomic E-state index is 9.62. The minimum Gasteiger partial charge on any atom is -0.504 e. The van der Waals surface area contributed by atoms with E-state index < -0.39 is 0 Å². The number of hydrogen-bond donors (Lipinski definition) is 3. The molecule has 0 bridgehead atoms. The molecule has 0 saturated carbocycles. The Bertz CT molecular complexity index is 727. The largest absolute Gasteiger partial charge is 0.504 e. The summed E-state index contributed by atoms with van der Waals surface area (Å²) in [7, 11) is 0. The molecule has 0 spiro atoms. The van der Waals surface area contributed by atoms with E-state index in [2.05, 4.69) is 49.6 Å². The van der Waals surface area contributed by atoms with Crippen molar-refractivity contribution in [2.24, 2.45) is 0 Å². The minimum absolute atomic E-state index is 0.0461. The molecule has 23 heavy (non-hydrogen) atoms. The molecule has 0 amide bonds. The monoisotopic (exact) mass is 329 g/mol. The van der Waals surface area contributed by atoms with E-state index >= 15 is 0 Å². The van der Waals surface area contributed by atoms with Crippen LogP contribution in [-0.2, 0) is 19.5 Å². The van der Waals surface area contributed by atoms with Gasteiger partial charge in [0.05, 0.1) is 0 Å². The number of thiol groups is 1. The lowest BCUT2D eigenvalue weighted by molar-refractivity contribution is 0.109. The van der Waals surface area contributed by atoms with E-state index in [1.54, 1.807) is 12.1 Å². The predicted octanol–water partition coefficient (Wildman–Crippen LogP) is 4.11. The zero-order valence-corrected chi connectivity index (χ0v) is 14.5. The average molecular weight is 329 g/mol. The second-order valence-electron chi connectivity index (χ2n) is 6.94. The maximum Gasteiger partial charge on any atom is 0.157 e. The van der Waals surface area contributed by atoms with E-state index in [1.165, 1.54) is 11.1 Å². The molecule has 0 aliphatic carbocycles. The molecular weight excluding hydrogens is 306 g/mol. The molecule has 2 N–H and O–H groups in total. The summed E-state index contributed by atoms with van der Waals surface area (Å²) in [6, 6.07) is 11.5. The fourth-order valence-corrected chi connectivity index (χ4v) is 3.37. The van der Waals surface area contributed by atoms with Crippen molar-refractivity contribution in [3.63, 3.8) is 0 Å². The number of phenolic OH excluding ortho intramolecular Hbond substituents is 2. The molecule has 0 fully saturated rings. The van der Waals surface area contributed by atoms with E-state index in [0.717, 1.165) is 36.4 Å². The van der Waals surface area contributed by atoms with Gasteiger partial charge in [0.15, 0.2) is 11.5 Å². The summed E-state index contributed by atoms with van der Waals surface area (Å²) in [6.45, 7) is 6.45. The average Bonchev–Trinajstić information content (AvgIpc) is 2.92. The zero-order chi connectivity index (χ0) is 16.6. The number of phenols is 2. The number of aromatic hydroxyl groups is 2. The van der Waals surface area contributed by atoms with Gasteiger partial charge in [0, 0.05) is 23.5 Å². The van der Waals surface area contributed by atoms with Crippen LogP contribution in [0.3, 0.4) is 0 Å². The Hall–Kier alpha value is -1.65. The van der Waals surface area contributed by atoms with Gasteiger partial charge in [0.25, 0.3) is 0 Å². The molecule has 0 saturated heterocycles. The van der Waals surface area contributed by atoms with Crippen molar-refractivity contribution < 1.29 is 10.2 Å². The molecule has 1 heterocycles. The van der Waals surface area contributed by atoms with Crippen LogP contribution in [0, 0.1) is 0 Å². The Balaban J connectivity index is 1.67. The quantitative estimate of drug-likeness (QED) is 0.584. The zero-order valence-electron chi connectivity index (χ0n) is 13.6. The smallest absolute Gasteiger partial charge is 0.157 e. The van der Waals surface area contributed by atoms with Crippen molar-refractivity contribution >= 4 is 12.6 Å². The number of aryl methyl sites for hydroxylation is 1. The van der Waals surface area contributed by atoms with E-state index in [4.69, 9.17) is 0 Å². The summed E-state index contributed by atoms with van der Waals surface area (Å²) in [6.07, 6.45) is 1.85. The van der Waals surface area contributed by atoms with Gasteiger partial charge in [-0.3, -0.25) is 4.90 Å². The SMILES string of the molecule is CC(C)(CCc1ccc(O)c(O)c1)N1Cc2ccc(S)cc2C1. The molecule has 1 aliphatic heterocycles.